The molecule has 5 nitrogen and oxygen atoms in total. The molecule has 140 valence electrons. The van der Waals surface area contributed by atoms with Crippen LogP contribution in [0.5, 0.6) is 0 Å². The Labute approximate surface area is 169 Å². The van der Waals surface area contributed by atoms with Gasteiger partial charge in [-0.1, -0.05) is 63.9 Å². The van der Waals surface area contributed by atoms with Crippen LogP contribution in [0.15, 0.2) is 12.3 Å². The molecule has 4 rings (SSSR count). The van der Waals surface area contributed by atoms with E-state index in [2.05, 4.69) is 26.1 Å². The maximum absolute atomic E-state index is 4.18. The van der Waals surface area contributed by atoms with Crippen molar-refractivity contribution in [1.29, 1.82) is 0 Å². The molecule has 0 bridgehead atoms. The molecule has 0 radical (unpaired) electrons. The summed E-state index contributed by atoms with van der Waals surface area (Å²) in [6, 6.07) is 1.86. The molecule has 0 amide bonds. The van der Waals surface area contributed by atoms with Gasteiger partial charge in [-0.2, -0.15) is 6.20 Å². The van der Waals surface area contributed by atoms with Crippen LogP contribution in [-0.2, 0) is 21.7 Å². The molecule has 3 aliphatic rings. The largest absolute Gasteiger partial charge is 4.00 e. The molecule has 1 aromatic heterocycles. The van der Waals surface area contributed by atoms with E-state index < -0.39 is 0 Å². The zero-order valence-corrected chi connectivity index (χ0v) is 17.6. The third-order valence-electron chi connectivity index (χ3n) is 4.00. The van der Waals surface area contributed by atoms with E-state index in [0.717, 1.165) is 45.0 Å². The van der Waals surface area contributed by atoms with Crippen LogP contribution in [0.3, 0.4) is 0 Å². The second-order valence-electron chi connectivity index (χ2n) is 6.37. The molecule has 3 aliphatic heterocycles. The number of aryl methyl sites for hydroxylation is 1. The molecule has 1 aromatic rings. The van der Waals surface area contributed by atoms with Crippen molar-refractivity contribution in [3.63, 3.8) is 0 Å². The van der Waals surface area contributed by atoms with E-state index in [1.165, 1.54) is 57.8 Å². The van der Waals surface area contributed by atoms with Crippen molar-refractivity contribution in [1.82, 2.24) is 10.2 Å². The molecule has 0 saturated carbocycles. The maximum Gasteiger partial charge on any atom is 4.00 e. The summed E-state index contributed by atoms with van der Waals surface area (Å²) in [6.45, 7) is 8.66. The molecular formula is C19H35N5Ti. The summed E-state index contributed by atoms with van der Waals surface area (Å²) in [5.74, 6) is 0. The van der Waals surface area contributed by atoms with Crippen LogP contribution in [0.2, 0.25) is 0 Å². The van der Waals surface area contributed by atoms with Crippen LogP contribution in [-0.4, -0.2) is 44.4 Å². The Morgan fingerprint density at radius 1 is 0.640 bits per heavy atom. The third kappa shape index (κ3) is 18.4. The molecule has 3 saturated heterocycles. The summed E-state index contributed by atoms with van der Waals surface area (Å²) in [6.07, 6.45) is 13.9. The van der Waals surface area contributed by atoms with Gasteiger partial charge < -0.3 is 26.1 Å². The van der Waals surface area contributed by atoms with Gasteiger partial charge in [-0.3, -0.25) is 0 Å². The molecular weight excluding hydrogens is 346 g/mol. The van der Waals surface area contributed by atoms with E-state index in [0.29, 0.717) is 0 Å². The first-order chi connectivity index (χ1) is 11.9. The topological polar surface area (TPSA) is 69.3 Å². The van der Waals surface area contributed by atoms with Gasteiger partial charge in [0.15, 0.2) is 0 Å². The summed E-state index contributed by atoms with van der Waals surface area (Å²) < 4.78 is 0. The fraction of sp³-hybridized carbons (Fsp3) is 0.842. The van der Waals surface area contributed by atoms with Gasteiger partial charge in [0, 0.05) is 5.69 Å². The van der Waals surface area contributed by atoms with Crippen molar-refractivity contribution in [3.8, 4) is 0 Å². The average molecular weight is 381 g/mol. The SMILES string of the molecule is C1CC[N-]CC1.C1CC[N-]CC1.C1CC[N-]CC1.Cc1cc[n-]n1.[Ti+4]. The zero-order chi connectivity index (χ0) is 17.1. The minimum absolute atomic E-state index is 0. The molecule has 6 heteroatoms. The number of aromatic nitrogens is 2. The second kappa shape index (κ2) is 20.1. The van der Waals surface area contributed by atoms with Crippen molar-refractivity contribution in [2.24, 2.45) is 0 Å². The summed E-state index contributed by atoms with van der Waals surface area (Å²) in [5.41, 5.74) is 0.981. The molecule has 0 N–H and O–H groups in total. The molecule has 0 aliphatic carbocycles. The molecule has 0 spiro atoms. The molecule has 3 fully saturated rings. The van der Waals surface area contributed by atoms with Crippen molar-refractivity contribution >= 4 is 0 Å². The molecule has 4 heterocycles. The summed E-state index contributed by atoms with van der Waals surface area (Å²) in [4.78, 5) is 0. The van der Waals surface area contributed by atoms with Crippen LogP contribution < -0.4 is 5.10 Å². The number of piperidine rings is 3. The Balaban J connectivity index is 0.000000303. The Bertz CT molecular complexity index is 271. The minimum atomic E-state index is 0. The number of hydrogen-bond acceptors (Lipinski definition) is 1. The van der Waals surface area contributed by atoms with Gasteiger partial charge in [0.2, 0.25) is 0 Å². The first-order valence-corrected chi connectivity index (χ1v) is 9.70. The number of hydrogen-bond donors (Lipinski definition) is 0. The Morgan fingerprint density at radius 3 is 1.08 bits per heavy atom. The van der Waals surface area contributed by atoms with Crippen LogP contribution >= 0.6 is 0 Å². The predicted molar refractivity (Wildman–Crippen MR) is 103 cm³/mol. The first-order valence-electron chi connectivity index (χ1n) is 9.70. The van der Waals surface area contributed by atoms with Crippen LogP contribution in [0.25, 0.3) is 16.0 Å². The van der Waals surface area contributed by atoms with Gasteiger partial charge in [-0.25, -0.2) is 0 Å². The summed E-state index contributed by atoms with van der Waals surface area (Å²) in [7, 11) is 0. The smallest absolute Gasteiger partial charge is 0.662 e. The van der Waals surface area contributed by atoms with Gasteiger partial charge in [0.1, 0.15) is 0 Å². The van der Waals surface area contributed by atoms with E-state index in [1.54, 1.807) is 6.20 Å². The summed E-state index contributed by atoms with van der Waals surface area (Å²) >= 11 is 0. The van der Waals surface area contributed by atoms with E-state index in [-0.39, 0.29) is 21.7 Å². The molecule has 25 heavy (non-hydrogen) atoms. The average Bonchev–Trinajstić information content (AvgIpc) is 3.18. The Morgan fingerprint density at radius 2 is 1.00 bits per heavy atom. The standard InChI is InChI=1S/3C5H10N.C4H5N2.Ti/c3*1-2-4-6-5-3-1;1-4-2-3-5-6-4;/h3*1-5H2;2-3H,1H3;/q4*-1;+4. The molecule has 0 atom stereocenters. The van der Waals surface area contributed by atoms with Gasteiger partial charge in [-0.05, 0) is 6.92 Å². The quantitative estimate of drug-likeness (QED) is 0.595. The van der Waals surface area contributed by atoms with Crippen molar-refractivity contribution in [2.75, 3.05) is 39.3 Å². The maximum atomic E-state index is 4.18. The van der Waals surface area contributed by atoms with E-state index >= 15 is 0 Å². The van der Waals surface area contributed by atoms with E-state index in [4.69, 9.17) is 0 Å². The Kier molecular flexibility index (Phi) is 20.0. The first kappa shape index (κ1) is 24.8. The van der Waals surface area contributed by atoms with Crippen molar-refractivity contribution in [2.45, 2.75) is 64.7 Å². The zero-order valence-electron chi connectivity index (χ0n) is 16.0. The normalized spacial score (nSPS) is 19.4. The Hall–Kier alpha value is -0.196. The monoisotopic (exact) mass is 381 g/mol. The van der Waals surface area contributed by atoms with E-state index in [9.17, 15) is 0 Å². The van der Waals surface area contributed by atoms with Gasteiger partial charge in [-0.15, -0.1) is 39.3 Å². The fourth-order valence-electron chi connectivity index (χ4n) is 2.51. The minimum Gasteiger partial charge on any atom is -0.662 e. The summed E-state index contributed by atoms with van der Waals surface area (Å²) in [5, 5.41) is 19.8. The van der Waals surface area contributed by atoms with Crippen molar-refractivity contribution < 1.29 is 21.7 Å². The van der Waals surface area contributed by atoms with E-state index in [1.807, 2.05) is 13.0 Å². The third-order valence-corrected chi connectivity index (χ3v) is 4.00. The van der Waals surface area contributed by atoms with Gasteiger partial charge >= 0.3 is 21.7 Å². The fourth-order valence-corrected chi connectivity index (χ4v) is 2.51. The molecule has 0 unspecified atom stereocenters. The molecule has 0 aromatic carbocycles. The van der Waals surface area contributed by atoms with Crippen LogP contribution in [0, 0.1) is 6.92 Å². The predicted octanol–water partition coefficient (Wildman–Crippen LogP) is 4.98. The van der Waals surface area contributed by atoms with Gasteiger partial charge in [0.05, 0.1) is 0 Å². The van der Waals surface area contributed by atoms with Gasteiger partial charge in [0.25, 0.3) is 0 Å². The van der Waals surface area contributed by atoms with Crippen LogP contribution in [0.4, 0.5) is 0 Å². The second-order valence-corrected chi connectivity index (χ2v) is 6.37. The number of nitrogens with zero attached hydrogens (tertiary/aromatic N) is 5. The van der Waals surface area contributed by atoms with Crippen molar-refractivity contribution in [3.05, 3.63) is 33.9 Å². The number of rotatable bonds is 0. The van der Waals surface area contributed by atoms with Crippen LogP contribution in [0.1, 0.15) is 63.5 Å².